The molecule has 2 fully saturated rings. The molecule has 0 spiro atoms. The van der Waals surface area contributed by atoms with Crippen LogP contribution in [0, 0.1) is 10.8 Å². The number of sulfonamides is 2. The van der Waals surface area contributed by atoms with E-state index in [4.69, 9.17) is 0 Å². The standard InChI is InChI=1S/C44H52N4O6S2/c1-41(2)27-31(55(51,52)47-29-15-9-7-10-16-29)23-25-43(41,5)45-35-21-22-36(38-37(35)39(49)33-19-13-14-20-34(33)40(38)50)46-44(6)26-24-32(28-42(44,3)4)56(53,54)48-30-17-11-8-12-18-30/h7-22,31-32,45-48H,23-28H2,1-6H3. The first-order valence-corrected chi connectivity index (χ1v) is 22.4. The van der Waals surface area contributed by atoms with Gasteiger partial charge in [-0.1, -0.05) is 88.4 Å². The van der Waals surface area contributed by atoms with Gasteiger partial charge in [-0.25, -0.2) is 16.8 Å². The molecule has 4 atom stereocenters. The molecule has 4 unspecified atom stereocenters. The molecule has 4 aromatic rings. The first-order valence-electron chi connectivity index (χ1n) is 19.3. The first-order chi connectivity index (χ1) is 26.3. The lowest BCUT2D eigenvalue weighted by Crippen LogP contribution is -2.55. The van der Waals surface area contributed by atoms with Gasteiger partial charge in [0.2, 0.25) is 20.0 Å². The highest BCUT2D eigenvalue weighted by molar-refractivity contribution is 7.93. The van der Waals surface area contributed by atoms with Crippen molar-refractivity contribution in [2.75, 3.05) is 20.1 Å². The van der Waals surface area contributed by atoms with Crippen molar-refractivity contribution in [3.05, 3.63) is 119 Å². The molecule has 0 bridgehead atoms. The van der Waals surface area contributed by atoms with E-state index >= 15 is 0 Å². The SMILES string of the molecule is CC1(C)CC(S(=O)(=O)Nc2ccccc2)CCC1(C)Nc1ccc(NC2(C)CCC(S(=O)(=O)Nc3ccccc3)CC2(C)C)c2c1C(=O)c1ccccc1C2=O. The van der Waals surface area contributed by atoms with E-state index in [1.165, 1.54) is 0 Å². The third-order valence-corrected chi connectivity index (χ3v) is 16.8. The Bertz CT molecular complexity index is 2230. The number of rotatable bonds is 10. The molecule has 4 aromatic carbocycles. The topological polar surface area (TPSA) is 151 Å². The highest BCUT2D eigenvalue weighted by atomic mass is 32.2. The number of hydrogen-bond donors (Lipinski definition) is 4. The average Bonchev–Trinajstić information content (AvgIpc) is 3.14. The van der Waals surface area contributed by atoms with Crippen molar-refractivity contribution in [2.24, 2.45) is 10.8 Å². The fourth-order valence-corrected chi connectivity index (χ4v) is 12.3. The van der Waals surface area contributed by atoms with E-state index in [9.17, 15) is 26.4 Å². The average molecular weight is 797 g/mol. The minimum Gasteiger partial charge on any atom is -0.379 e. The Kier molecular flexibility index (Phi) is 9.93. The lowest BCUT2D eigenvalue weighted by Gasteiger charge is -2.52. The van der Waals surface area contributed by atoms with E-state index in [1.807, 2.05) is 52.0 Å². The normalized spacial score (nSPS) is 25.7. The fraction of sp³-hybridized carbons (Fsp3) is 0.409. The van der Waals surface area contributed by atoms with Gasteiger partial charge in [-0.05, 0) is 99.6 Å². The maximum atomic E-state index is 14.5. The summed E-state index contributed by atoms with van der Waals surface area (Å²) in [4.78, 5) is 29.0. The van der Waals surface area contributed by atoms with Gasteiger partial charge in [-0.2, -0.15) is 0 Å². The predicted octanol–water partition coefficient (Wildman–Crippen LogP) is 8.84. The molecular weight excluding hydrogens is 745 g/mol. The fourth-order valence-electron chi connectivity index (χ4n) is 8.90. The minimum atomic E-state index is -3.68. The number of carbonyl (C=O) groups is 2. The quantitative estimate of drug-likeness (QED) is 0.110. The highest BCUT2D eigenvalue weighted by Crippen LogP contribution is 2.51. The maximum Gasteiger partial charge on any atom is 0.235 e. The van der Waals surface area contributed by atoms with E-state index in [-0.39, 0.29) is 22.7 Å². The third kappa shape index (κ3) is 7.10. The summed E-state index contributed by atoms with van der Waals surface area (Å²) < 4.78 is 59.8. The molecule has 0 saturated heterocycles. The predicted molar refractivity (Wildman–Crippen MR) is 225 cm³/mol. The largest absolute Gasteiger partial charge is 0.379 e. The van der Waals surface area contributed by atoms with Gasteiger partial charge < -0.3 is 10.6 Å². The summed E-state index contributed by atoms with van der Waals surface area (Å²) in [6, 6.07) is 28.3. The number of ketones is 2. The second-order valence-corrected chi connectivity index (χ2v) is 21.5. The Labute approximate surface area is 331 Å². The van der Waals surface area contributed by atoms with E-state index in [2.05, 4.69) is 33.9 Å². The van der Waals surface area contributed by atoms with Crippen LogP contribution in [0.25, 0.3) is 0 Å². The highest BCUT2D eigenvalue weighted by Gasteiger charge is 2.52. The molecule has 3 aliphatic rings. The number of carbonyl (C=O) groups excluding carboxylic acids is 2. The molecule has 3 aliphatic carbocycles. The van der Waals surface area contributed by atoms with Crippen LogP contribution in [-0.2, 0) is 20.0 Å². The smallest absolute Gasteiger partial charge is 0.235 e. The van der Waals surface area contributed by atoms with Crippen LogP contribution < -0.4 is 20.1 Å². The van der Waals surface area contributed by atoms with Crippen molar-refractivity contribution in [2.45, 2.75) is 102 Å². The van der Waals surface area contributed by atoms with Crippen LogP contribution >= 0.6 is 0 Å². The zero-order chi connectivity index (χ0) is 40.3. The Morgan fingerprint density at radius 1 is 0.500 bits per heavy atom. The number of benzene rings is 4. The van der Waals surface area contributed by atoms with E-state index < -0.39 is 52.5 Å². The molecule has 7 rings (SSSR count). The summed E-state index contributed by atoms with van der Waals surface area (Å²) >= 11 is 0. The zero-order valence-corrected chi connectivity index (χ0v) is 34.5. The van der Waals surface area contributed by atoms with Crippen LogP contribution in [-0.4, -0.2) is 50.0 Å². The van der Waals surface area contributed by atoms with Crippen molar-refractivity contribution >= 4 is 54.4 Å². The van der Waals surface area contributed by atoms with Gasteiger partial charge in [0.15, 0.2) is 11.6 Å². The Hall–Kier alpha value is -4.68. The van der Waals surface area contributed by atoms with Crippen LogP contribution in [0.5, 0.6) is 0 Å². The van der Waals surface area contributed by atoms with Crippen LogP contribution in [0.4, 0.5) is 22.7 Å². The Morgan fingerprint density at radius 3 is 1.18 bits per heavy atom. The number of para-hydroxylation sites is 2. The lowest BCUT2D eigenvalue weighted by atomic mass is 9.63. The Balaban J connectivity index is 1.19. The van der Waals surface area contributed by atoms with Crippen LogP contribution in [0.2, 0.25) is 0 Å². The monoisotopic (exact) mass is 796 g/mol. The van der Waals surface area contributed by atoms with E-state index in [1.54, 1.807) is 72.8 Å². The van der Waals surface area contributed by atoms with Gasteiger partial charge in [0.25, 0.3) is 0 Å². The zero-order valence-electron chi connectivity index (χ0n) is 32.9. The summed E-state index contributed by atoms with van der Waals surface area (Å²) in [6.45, 7) is 12.3. The van der Waals surface area contributed by atoms with Gasteiger partial charge in [0.05, 0.1) is 21.6 Å². The number of fused-ring (bicyclic) bond motifs is 2. The molecule has 2 saturated carbocycles. The van der Waals surface area contributed by atoms with Crippen LogP contribution in [0.3, 0.4) is 0 Å². The molecular formula is C44H52N4O6S2. The van der Waals surface area contributed by atoms with E-state index in [0.29, 0.717) is 72.4 Å². The van der Waals surface area contributed by atoms with Crippen molar-refractivity contribution in [3.63, 3.8) is 0 Å². The summed E-state index contributed by atoms with van der Waals surface area (Å²) in [5.41, 5.74) is 0.939. The maximum absolute atomic E-state index is 14.5. The Morgan fingerprint density at radius 2 is 0.839 bits per heavy atom. The molecule has 0 aliphatic heterocycles. The van der Waals surface area contributed by atoms with Gasteiger partial charge in [-0.3, -0.25) is 19.0 Å². The van der Waals surface area contributed by atoms with Gasteiger partial charge >= 0.3 is 0 Å². The molecule has 12 heteroatoms. The molecule has 0 heterocycles. The summed E-state index contributed by atoms with van der Waals surface area (Å²) in [7, 11) is -7.35. The molecule has 10 nitrogen and oxygen atoms in total. The van der Waals surface area contributed by atoms with Gasteiger partial charge in [0.1, 0.15) is 0 Å². The summed E-state index contributed by atoms with van der Waals surface area (Å²) in [5, 5.41) is 6.14. The van der Waals surface area contributed by atoms with Crippen molar-refractivity contribution in [1.29, 1.82) is 0 Å². The van der Waals surface area contributed by atoms with E-state index in [0.717, 1.165) is 0 Å². The van der Waals surface area contributed by atoms with Crippen molar-refractivity contribution in [1.82, 2.24) is 0 Å². The number of hydrogen-bond acceptors (Lipinski definition) is 8. The first kappa shape index (κ1) is 39.6. The lowest BCUT2D eigenvalue weighted by molar-refractivity contribution is 0.0978. The molecule has 296 valence electrons. The number of anilines is 4. The van der Waals surface area contributed by atoms with Crippen LogP contribution in [0.15, 0.2) is 97.1 Å². The summed E-state index contributed by atoms with van der Waals surface area (Å²) in [5.74, 6) is -0.533. The second kappa shape index (κ2) is 14.1. The number of nitrogens with one attached hydrogen (secondary N) is 4. The molecule has 0 radical (unpaired) electrons. The van der Waals surface area contributed by atoms with Crippen molar-refractivity contribution < 1.29 is 26.4 Å². The molecule has 56 heavy (non-hydrogen) atoms. The summed E-state index contributed by atoms with van der Waals surface area (Å²) in [6.07, 6.45) is 2.56. The molecule has 0 amide bonds. The van der Waals surface area contributed by atoms with Crippen molar-refractivity contribution in [3.8, 4) is 0 Å². The van der Waals surface area contributed by atoms with Gasteiger partial charge in [-0.15, -0.1) is 0 Å². The van der Waals surface area contributed by atoms with Crippen LogP contribution in [0.1, 0.15) is 112 Å². The molecule has 0 aromatic heterocycles. The third-order valence-electron chi connectivity index (χ3n) is 13.2. The molecule has 4 N–H and O–H groups in total. The van der Waals surface area contributed by atoms with Gasteiger partial charge in [0, 0.05) is 45.0 Å². The minimum absolute atomic E-state index is 0.266. The second-order valence-electron chi connectivity index (χ2n) is 17.6.